The van der Waals surface area contributed by atoms with Crippen molar-refractivity contribution in [3.63, 3.8) is 0 Å². The standard InChI is InChI=1S/C17H16N8O5S2/c18-32(29,30)15-12(31(27,28)8-6-19-7-8)5-4-9(13(15)16-22-24-25-23-16)10-2-1-3-11-14(10)21-17(26)20-11/h1-5,8,19H,6-7H2,(H2,18,29,30)(H2,20,21,26)(H,22,23,24,25). The Bertz CT molecular complexity index is 1620. The van der Waals surface area contributed by atoms with Crippen LogP contribution in [0.4, 0.5) is 0 Å². The molecule has 0 saturated carbocycles. The van der Waals surface area contributed by atoms with Crippen molar-refractivity contribution in [2.24, 2.45) is 5.14 Å². The van der Waals surface area contributed by atoms with E-state index in [2.05, 4.69) is 35.9 Å². The zero-order valence-corrected chi connectivity index (χ0v) is 17.8. The van der Waals surface area contributed by atoms with Crippen molar-refractivity contribution in [2.75, 3.05) is 13.1 Å². The summed E-state index contributed by atoms with van der Waals surface area (Å²) in [6, 6.07) is 7.61. The van der Waals surface area contributed by atoms with Crippen LogP contribution in [0.3, 0.4) is 0 Å². The number of rotatable bonds is 5. The Labute approximate surface area is 180 Å². The lowest BCUT2D eigenvalue weighted by Crippen LogP contribution is -2.51. The molecule has 15 heteroatoms. The molecular formula is C17H16N8O5S2. The van der Waals surface area contributed by atoms with Crippen molar-refractivity contribution >= 4 is 30.9 Å². The smallest absolute Gasteiger partial charge is 0.314 e. The van der Waals surface area contributed by atoms with Crippen molar-refractivity contribution in [1.82, 2.24) is 35.9 Å². The molecule has 0 radical (unpaired) electrons. The zero-order chi connectivity index (χ0) is 22.7. The monoisotopic (exact) mass is 476 g/mol. The number of sulfonamides is 1. The average molecular weight is 477 g/mol. The van der Waals surface area contributed by atoms with Crippen LogP contribution in [0.5, 0.6) is 0 Å². The second-order valence-electron chi connectivity index (χ2n) is 7.23. The van der Waals surface area contributed by atoms with E-state index in [-0.39, 0.29) is 30.0 Å². The lowest BCUT2D eigenvalue weighted by atomic mass is 9.98. The van der Waals surface area contributed by atoms with Crippen LogP contribution >= 0.6 is 0 Å². The molecule has 4 aromatic rings. The zero-order valence-electron chi connectivity index (χ0n) is 16.2. The van der Waals surface area contributed by atoms with Gasteiger partial charge in [-0.1, -0.05) is 18.2 Å². The molecule has 0 unspecified atom stereocenters. The summed E-state index contributed by atoms with van der Waals surface area (Å²) in [6.07, 6.45) is 0. The Morgan fingerprint density at radius 2 is 1.78 bits per heavy atom. The lowest BCUT2D eigenvalue weighted by molar-refractivity contribution is 0.493. The van der Waals surface area contributed by atoms with E-state index in [9.17, 15) is 21.6 Å². The van der Waals surface area contributed by atoms with Crippen LogP contribution in [0.1, 0.15) is 0 Å². The van der Waals surface area contributed by atoms with E-state index < -0.39 is 40.6 Å². The molecule has 2 aromatic heterocycles. The summed E-state index contributed by atoms with van der Waals surface area (Å²) >= 11 is 0. The van der Waals surface area contributed by atoms with Gasteiger partial charge in [0.05, 0.1) is 26.7 Å². The van der Waals surface area contributed by atoms with Gasteiger partial charge < -0.3 is 15.3 Å². The number of hydrogen-bond acceptors (Lipinski definition) is 9. The highest BCUT2D eigenvalue weighted by molar-refractivity contribution is 7.94. The predicted molar refractivity (Wildman–Crippen MR) is 113 cm³/mol. The van der Waals surface area contributed by atoms with Crippen molar-refractivity contribution < 1.29 is 16.8 Å². The van der Waals surface area contributed by atoms with Crippen LogP contribution in [0.15, 0.2) is 44.9 Å². The number of tetrazole rings is 1. The van der Waals surface area contributed by atoms with Crippen molar-refractivity contribution in [3.8, 4) is 22.5 Å². The van der Waals surface area contributed by atoms with E-state index >= 15 is 0 Å². The van der Waals surface area contributed by atoms with Crippen LogP contribution in [0.2, 0.25) is 0 Å². The number of sulfone groups is 1. The molecular weight excluding hydrogens is 460 g/mol. The third kappa shape index (κ3) is 3.13. The third-order valence-electron chi connectivity index (χ3n) is 5.31. The van der Waals surface area contributed by atoms with Gasteiger partial charge in [0.2, 0.25) is 15.8 Å². The lowest BCUT2D eigenvalue weighted by Gasteiger charge is -2.28. The number of imidazole rings is 1. The van der Waals surface area contributed by atoms with E-state index in [4.69, 9.17) is 5.14 Å². The topological polar surface area (TPSA) is 209 Å². The molecule has 1 aliphatic rings. The fourth-order valence-electron chi connectivity index (χ4n) is 3.73. The van der Waals surface area contributed by atoms with Gasteiger partial charge in [-0.25, -0.2) is 26.8 Å². The van der Waals surface area contributed by atoms with Crippen LogP contribution < -0.4 is 16.1 Å². The van der Waals surface area contributed by atoms with Crippen LogP contribution in [-0.2, 0) is 19.9 Å². The molecule has 13 nitrogen and oxygen atoms in total. The first-order valence-electron chi connectivity index (χ1n) is 9.27. The number of aromatic amines is 3. The number of para-hydroxylation sites is 1. The number of primary sulfonamides is 1. The molecule has 1 fully saturated rings. The van der Waals surface area contributed by atoms with Gasteiger partial charge in [-0.15, -0.1) is 10.2 Å². The summed E-state index contributed by atoms with van der Waals surface area (Å²) in [5, 5.41) is 21.1. The fraction of sp³-hybridized carbons (Fsp3) is 0.176. The summed E-state index contributed by atoms with van der Waals surface area (Å²) in [7, 11) is -8.61. The molecule has 0 atom stereocenters. The Kier molecular flexibility index (Phi) is 4.52. The molecule has 1 saturated heterocycles. The number of nitrogens with one attached hydrogen (secondary N) is 4. The summed E-state index contributed by atoms with van der Waals surface area (Å²) in [5.74, 6) is -0.164. The third-order valence-corrected chi connectivity index (χ3v) is 8.59. The van der Waals surface area contributed by atoms with Crippen molar-refractivity contribution in [1.29, 1.82) is 0 Å². The number of hydrogen-bond donors (Lipinski definition) is 5. The molecule has 3 heterocycles. The molecule has 5 rings (SSSR count). The van der Waals surface area contributed by atoms with Gasteiger partial charge in [-0.3, -0.25) is 0 Å². The van der Waals surface area contributed by atoms with Gasteiger partial charge in [-0.05, 0) is 22.9 Å². The minimum absolute atomic E-state index is 0.135. The molecule has 0 amide bonds. The highest BCUT2D eigenvalue weighted by Crippen LogP contribution is 2.41. The van der Waals surface area contributed by atoms with Crippen LogP contribution in [0, 0.1) is 0 Å². The number of fused-ring (bicyclic) bond motifs is 1. The average Bonchev–Trinajstić information content (AvgIpc) is 3.32. The summed E-state index contributed by atoms with van der Waals surface area (Å²) in [6.45, 7) is 0.380. The number of aromatic nitrogens is 6. The molecule has 32 heavy (non-hydrogen) atoms. The van der Waals surface area contributed by atoms with Gasteiger partial charge >= 0.3 is 5.69 Å². The Morgan fingerprint density at radius 1 is 1.00 bits per heavy atom. The van der Waals surface area contributed by atoms with E-state index in [1.807, 2.05) is 0 Å². The fourth-order valence-corrected chi connectivity index (χ4v) is 6.91. The number of H-pyrrole nitrogens is 3. The first kappa shape index (κ1) is 20.5. The molecule has 2 aromatic carbocycles. The molecule has 0 spiro atoms. The van der Waals surface area contributed by atoms with E-state index in [0.29, 0.717) is 16.6 Å². The summed E-state index contributed by atoms with van der Waals surface area (Å²) in [5.41, 5.74) is 0.935. The van der Waals surface area contributed by atoms with Gasteiger partial charge in [-0.2, -0.15) is 5.21 Å². The van der Waals surface area contributed by atoms with E-state index in [1.165, 1.54) is 12.1 Å². The number of nitrogens with two attached hydrogens (primary N) is 1. The number of benzene rings is 2. The first-order chi connectivity index (χ1) is 15.2. The molecule has 6 N–H and O–H groups in total. The first-order valence-corrected chi connectivity index (χ1v) is 12.4. The van der Waals surface area contributed by atoms with Gasteiger partial charge in [0.15, 0.2) is 9.84 Å². The SMILES string of the molecule is NS(=O)(=O)c1c(S(=O)(=O)C2CNC2)ccc(-c2cccc3[nH]c(=O)[nH]c23)c1-c1nn[nH]n1. The highest BCUT2D eigenvalue weighted by Gasteiger charge is 2.38. The normalized spacial score (nSPS) is 15.2. The van der Waals surface area contributed by atoms with Gasteiger partial charge in [0.25, 0.3) is 0 Å². The van der Waals surface area contributed by atoms with Crippen LogP contribution in [-0.4, -0.2) is 65.8 Å². The largest absolute Gasteiger partial charge is 0.323 e. The quantitative estimate of drug-likeness (QED) is 0.241. The predicted octanol–water partition coefficient (Wildman–Crippen LogP) is -0.904. The van der Waals surface area contributed by atoms with Crippen molar-refractivity contribution in [3.05, 3.63) is 40.8 Å². The van der Waals surface area contributed by atoms with Crippen molar-refractivity contribution in [2.45, 2.75) is 15.0 Å². The van der Waals surface area contributed by atoms with E-state index in [0.717, 1.165) is 0 Å². The maximum atomic E-state index is 13.2. The molecule has 0 aliphatic carbocycles. The number of nitrogens with zero attached hydrogens (tertiary/aromatic N) is 3. The molecule has 166 valence electrons. The van der Waals surface area contributed by atoms with Crippen LogP contribution in [0.25, 0.3) is 33.5 Å². The highest BCUT2D eigenvalue weighted by atomic mass is 32.2. The Balaban J connectivity index is 1.92. The molecule has 0 bridgehead atoms. The summed E-state index contributed by atoms with van der Waals surface area (Å²) < 4.78 is 51.9. The Hall–Kier alpha value is -3.40. The van der Waals surface area contributed by atoms with E-state index in [1.54, 1.807) is 18.2 Å². The maximum absolute atomic E-state index is 13.2. The van der Waals surface area contributed by atoms with Gasteiger partial charge in [0.1, 0.15) is 4.90 Å². The van der Waals surface area contributed by atoms with Gasteiger partial charge in [0, 0.05) is 18.7 Å². The Morgan fingerprint density at radius 3 is 2.41 bits per heavy atom. The minimum Gasteiger partial charge on any atom is -0.314 e. The molecule has 1 aliphatic heterocycles. The minimum atomic E-state index is -4.57. The second kappa shape index (κ2) is 7.06. The summed E-state index contributed by atoms with van der Waals surface area (Å²) in [4.78, 5) is 16.1. The second-order valence-corrected chi connectivity index (χ2v) is 10.9. The maximum Gasteiger partial charge on any atom is 0.323 e.